The number of hydrogen-bond acceptors (Lipinski definition) is 1. The van der Waals surface area contributed by atoms with Crippen LogP contribution in [0.2, 0.25) is 5.02 Å². The zero-order valence-electron chi connectivity index (χ0n) is 6.35. The first-order valence-corrected chi connectivity index (χ1v) is 4.68. The van der Waals surface area contributed by atoms with E-state index in [1.807, 2.05) is 0 Å². The van der Waals surface area contributed by atoms with Crippen molar-refractivity contribution in [2.45, 2.75) is 10.9 Å². The fraction of sp³-hybridized carbons (Fsp3) is 0.250. The summed E-state index contributed by atoms with van der Waals surface area (Å²) >= 11 is 16.3. The molecule has 0 spiro atoms. The van der Waals surface area contributed by atoms with E-state index >= 15 is 0 Å². The topological polar surface area (TPSA) is 20.2 Å². The summed E-state index contributed by atoms with van der Waals surface area (Å²) in [5, 5.41) is 9.58. The van der Waals surface area contributed by atoms with Gasteiger partial charge in [0.2, 0.25) is 0 Å². The van der Waals surface area contributed by atoms with Gasteiger partial charge in [-0.1, -0.05) is 17.7 Å². The quantitative estimate of drug-likeness (QED) is 0.790. The molecule has 1 atom stereocenters. The summed E-state index contributed by atoms with van der Waals surface area (Å²) in [6.07, 6.45) is -1.24. The molecule has 0 aliphatic carbocycles. The lowest BCUT2D eigenvalue weighted by Gasteiger charge is -2.12. The first kappa shape index (κ1) is 11.1. The minimum Gasteiger partial charge on any atom is -0.385 e. The third-order valence-corrected chi connectivity index (χ3v) is 2.23. The summed E-state index contributed by atoms with van der Waals surface area (Å²) in [7, 11) is 0. The second kappa shape index (κ2) is 4.47. The Bertz CT molecular complexity index is 303. The van der Waals surface area contributed by atoms with Gasteiger partial charge in [-0.3, -0.25) is 0 Å². The van der Waals surface area contributed by atoms with Crippen LogP contribution in [0.1, 0.15) is 11.7 Å². The second-order valence-electron chi connectivity index (χ2n) is 2.45. The van der Waals surface area contributed by atoms with E-state index in [1.54, 1.807) is 0 Å². The van der Waals surface area contributed by atoms with E-state index in [0.29, 0.717) is 0 Å². The standard InChI is InChI=1S/C8H6Cl3FO/c9-4-1-2-5(6(12)3-4)7(13)8(10)11/h1-3,7-8,13H. The molecule has 72 valence electrons. The van der Waals surface area contributed by atoms with Gasteiger partial charge in [0, 0.05) is 10.6 Å². The first-order chi connectivity index (χ1) is 6.02. The summed E-state index contributed by atoms with van der Waals surface area (Å²) in [5.74, 6) is -0.619. The smallest absolute Gasteiger partial charge is 0.137 e. The van der Waals surface area contributed by atoms with E-state index < -0.39 is 16.8 Å². The number of hydrogen-bond donors (Lipinski definition) is 1. The molecular formula is C8H6Cl3FO. The number of aliphatic hydroxyl groups excluding tert-OH is 1. The third kappa shape index (κ3) is 2.71. The van der Waals surface area contributed by atoms with Crippen LogP contribution < -0.4 is 0 Å². The zero-order valence-corrected chi connectivity index (χ0v) is 8.61. The molecule has 1 aromatic carbocycles. The van der Waals surface area contributed by atoms with Crippen LogP contribution in [0.4, 0.5) is 4.39 Å². The Morgan fingerprint density at radius 1 is 1.31 bits per heavy atom. The summed E-state index contributed by atoms with van der Waals surface area (Å²) in [6, 6.07) is 3.90. The lowest BCUT2D eigenvalue weighted by atomic mass is 10.1. The minimum absolute atomic E-state index is 0.0411. The van der Waals surface area contributed by atoms with E-state index in [0.717, 1.165) is 6.07 Å². The highest BCUT2D eigenvalue weighted by atomic mass is 35.5. The van der Waals surface area contributed by atoms with Crippen LogP contribution in [-0.2, 0) is 0 Å². The normalized spacial score (nSPS) is 13.4. The summed E-state index contributed by atoms with van der Waals surface area (Å²) in [4.78, 5) is -1.06. The molecule has 1 unspecified atom stereocenters. The van der Waals surface area contributed by atoms with E-state index in [1.165, 1.54) is 12.1 Å². The van der Waals surface area contributed by atoms with Crippen molar-refractivity contribution < 1.29 is 9.50 Å². The highest BCUT2D eigenvalue weighted by Gasteiger charge is 2.19. The Kier molecular flexibility index (Phi) is 3.80. The van der Waals surface area contributed by atoms with Gasteiger partial charge in [-0.25, -0.2) is 4.39 Å². The highest BCUT2D eigenvalue weighted by molar-refractivity contribution is 6.44. The van der Waals surface area contributed by atoms with Gasteiger partial charge in [-0.15, -0.1) is 23.2 Å². The van der Waals surface area contributed by atoms with Gasteiger partial charge >= 0.3 is 0 Å². The van der Waals surface area contributed by atoms with Gasteiger partial charge < -0.3 is 5.11 Å². The molecule has 0 radical (unpaired) electrons. The van der Waals surface area contributed by atoms with Crippen molar-refractivity contribution in [1.29, 1.82) is 0 Å². The number of halogens is 4. The van der Waals surface area contributed by atoms with E-state index in [-0.39, 0.29) is 10.6 Å². The Balaban J connectivity index is 3.01. The van der Waals surface area contributed by atoms with Crippen molar-refractivity contribution in [3.05, 3.63) is 34.6 Å². The molecule has 0 saturated heterocycles. The predicted octanol–water partition coefficient (Wildman–Crippen LogP) is 3.32. The average molecular weight is 243 g/mol. The lowest BCUT2D eigenvalue weighted by molar-refractivity contribution is 0.188. The molecule has 0 fully saturated rings. The van der Waals surface area contributed by atoms with Crippen LogP contribution in [0.5, 0.6) is 0 Å². The number of benzene rings is 1. The van der Waals surface area contributed by atoms with E-state index in [4.69, 9.17) is 34.8 Å². The Labute approximate surface area is 90.0 Å². The maximum Gasteiger partial charge on any atom is 0.137 e. The molecule has 0 amide bonds. The van der Waals surface area contributed by atoms with Gasteiger partial charge in [0.15, 0.2) is 0 Å². The Hall–Kier alpha value is -0.0200. The summed E-state index contributed by atoms with van der Waals surface area (Å²) in [5.41, 5.74) is 0.0411. The van der Waals surface area contributed by atoms with Gasteiger partial charge in [0.05, 0.1) is 0 Å². The molecule has 1 nitrogen and oxygen atoms in total. The van der Waals surface area contributed by atoms with Crippen molar-refractivity contribution in [1.82, 2.24) is 0 Å². The van der Waals surface area contributed by atoms with Crippen LogP contribution >= 0.6 is 34.8 Å². The summed E-state index contributed by atoms with van der Waals surface area (Å²) < 4.78 is 13.1. The fourth-order valence-corrected chi connectivity index (χ4v) is 1.31. The van der Waals surface area contributed by atoms with Gasteiger partial charge in [0.1, 0.15) is 16.8 Å². The van der Waals surface area contributed by atoms with Gasteiger partial charge in [-0.2, -0.15) is 0 Å². The van der Waals surface area contributed by atoms with Crippen LogP contribution in [0, 0.1) is 5.82 Å². The molecule has 13 heavy (non-hydrogen) atoms. The molecule has 1 rings (SSSR count). The Morgan fingerprint density at radius 3 is 2.38 bits per heavy atom. The van der Waals surface area contributed by atoms with E-state index in [9.17, 15) is 9.50 Å². The van der Waals surface area contributed by atoms with Crippen molar-refractivity contribution in [2.75, 3.05) is 0 Å². The molecule has 0 heterocycles. The largest absolute Gasteiger partial charge is 0.385 e. The van der Waals surface area contributed by atoms with Crippen molar-refractivity contribution >= 4 is 34.8 Å². The van der Waals surface area contributed by atoms with Crippen LogP contribution in [-0.4, -0.2) is 9.94 Å². The summed E-state index contributed by atoms with van der Waals surface area (Å²) in [6.45, 7) is 0. The van der Waals surface area contributed by atoms with Crippen molar-refractivity contribution in [2.24, 2.45) is 0 Å². The third-order valence-electron chi connectivity index (χ3n) is 1.52. The monoisotopic (exact) mass is 242 g/mol. The number of rotatable bonds is 2. The van der Waals surface area contributed by atoms with Crippen LogP contribution in [0.15, 0.2) is 18.2 Å². The van der Waals surface area contributed by atoms with Crippen molar-refractivity contribution in [3.63, 3.8) is 0 Å². The highest BCUT2D eigenvalue weighted by Crippen LogP contribution is 2.27. The van der Waals surface area contributed by atoms with Crippen LogP contribution in [0.25, 0.3) is 0 Å². The fourth-order valence-electron chi connectivity index (χ4n) is 0.877. The molecule has 1 N–H and O–H groups in total. The molecule has 0 aliphatic rings. The molecule has 1 aromatic rings. The maximum atomic E-state index is 13.1. The maximum absolute atomic E-state index is 13.1. The van der Waals surface area contributed by atoms with Gasteiger partial charge in [-0.05, 0) is 12.1 Å². The molecular weight excluding hydrogens is 237 g/mol. The lowest BCUT2D eigenvalue weighted by Crippen LogP contribution is -2.07. The minimum atomic E-state index is -1.24. The molecule has 0 aromatic heterocycles. The van der Waals surface area contributed by atoms with Crippen LogP contribution in [0.3, 0.4) is 0 Å². The second-order valence-corrected chi connectivity index (χ2v) is 4.05. The SMILES string of the molecule is OC(c1ccc(Cl)cc1F)C(Cl)Cl. The number of alkyl halides is 2. The molecule has 0 bridgehead atoms. The van der Waals surface area contributed by atoms with Crippen molar-refractivity contribution in [3.8, 4) is 0 Å². The molecule has 0 aliphatic heterocycles. The zero-order chi connectivity index (χ0) is 10.0. The first-order valence-electron chi connectivity index (χ1n) is 3.43. The molecule has 5 heteroatoms. The predicted molar refractivity (Wildman–Crippen MR) is 51.9 cm³/mol. The van der Waals surface area contributed by atoms with E-state index in [2.05, 4.69) is 0 Å². The van der Waals surface area contributed by atoms with Gasteiger partial charge in [0.25, 0.3) is 0 Å². The molecule has 0 saturated carbocycles. The number of aliphatic hydroxyl groups is 1. The Morgan fingerprint density at radius 2 is 1.92 bits per heavy atom. The average Bonchev–Trinajstić information content (AvgIpc) is 2.03.